The summed E-state index contributed by atoms with van der Waals surface area (Å²) in [6, 6.07) is 1.37. The standard InChI is InChI=1S/C30H44N2O3/c1-29-8-5-9-30(18-34-30)26(29)14-22-23(28(33)35-25(22)15-29)17-32-11-4-6-19-12-20-13-21(27(19)32)16-31-10-3-2-7-24(20)31/h12,20-27H,2-11,13-18H2,1H3. The zero-order valence-corrected chi connectivity index (χ0v) is 21.6. The lowest BCUT2D eigenvalue weighted by Gasteiger charge is -2.55. The van der Waals surface area contributed by atoms with Crippen LogP contribution in [-0.4, -0.2) is 72.3 Å². The second kappa shape index (κ2) is 7.80. The quantitative estimate of drug-likeness (QED) is 0.333. The van der Waals surface area contributed by atoms with Crippen molar-refractivity contribution in [2.45, 2.75) is 101 Å². The monoisotopic (exact) mass is 480 g/mol. The highest BCUT2D eigenvalue weighted by Crippen LogP contribution is 2.63. The lowest BCUT2D eigenvalue weighted by molar-refractivity contribution is -0.147. The lowest BCUT2D eigenvalue weighted by Crippen LogP contribution is -2.60. The molecule has 10 atom stereocenters. The van der Waals surface area contributed by atoms with Crippen LogP contribution in [0.5, 0.6) is 0 Å². The first-order chi connectivity index (χ1) is 17.0. The maximum atomic E-state index is 13.4. The van der Waals surface area contributed by atoms with Crippen molar-refractivity contribution in [1.29, 1.82) is 0 Å². The number of rotatable bonds is 2. The highest BCUT2D eigenvalue weighted by Gasteiger charge is 2.65. The molecule has 8 aliphatic rings. The molecule has 7 fully saturated rings. The van der Waals surface area contributed by atoms with Crippen molar-refractivity contribution < 1.29 is 14.3 Å². The van der Waals surface area contributed by atoms with E-state index in [0.717, 1.165) is 50.4 Å². The Kier molecular flexibility index (Phi) is 4.93. The van der Waals surface area contributed by atoms with Crippen LogP contribution in [-0.2, 0) is 14.3 Å². The van der Waals surface area contributed by atoms with Crippen molar-refractivity contribution in [3.8, 4) is 0 Å². The van der Waals surface area contributed by atoms with Gasteiger partial charge in [0, 0.05) is 31.1 Å². The van der Waals surface area contributed by atoms with E-state index in [1.54, 1.807) is 5.57 Å². The highest BCUT2D eigenvalue weighted by molar-refractivity contribution is 5.75. The Labute approximate surface area is 210 Å². The summed E-state index contributed by atoms with van der Waals surface area (Å²) in [5.74, 6) is 2.70. The van der Waals surface area contributed by atoms with E-state index in [2.05, 4.69) is 22.8 Å². The van der Waals surface area contributed by atoms with Crippen LogP contribution >= 0.6 is 0 Å². The number of carbonyl (C=O) groups is 1. The predicted octanol–water partition coefficient (Wildman–Crippen LogP) is 4.41. The number of fused-ring (bicyclic) bond motifs is 9. The molecule has 0 amide bonds. The Morgan fingerprint density at radius 1 is 1.11 bits per heavy atom. The minimum Gasteiger partial charge on any atom is -0.462 e. The normalized spacial score (nSPS) is 53.2. The van der Waals surface area contributed by atoms with Gasteiger partial charge in [-0.3, -0.25) is 14.6 Å². The summed E-state index contributed by atoms with van der Waals surface area (Å²) in [6.07, 6.45) is 16.9. The summed E-state index contributed by atoms with van der Waals surface area (Å²) in [4.78, 5) is 19.0. The molecule has 0 radical (unpaired) electrons. The van der Waals surface area contributed by atoms with Crippen LogP contribution in [0.3, 0.4) is 0 Å². The van der Waals surface area contributed by atoms with Crippen LogP contribution in [0.15, 0.2) is 11.6 Å². The van der Waals surface area contributed by atoms with E-state index in [0.29, 0.717) is 17.9 Å². The van der Waals surface area contributed by atoms with E-state index >= 15 is 0 Å². The summed E-state index contributed by atoms with van der Waals surface area (Å²) in [5, 5.41) is 0. The van der Waals surface area contributed by atoms with Gasteiger partial charge in [0.15, 0.2) is 0 Å². The second-order valence-electron chi connectivity index (χ2n) is 14.1. The number of piperidine rings is 3. The third kappa shape index (κ3) is 3.32. The maximum absolute atomic E-state index is 13.4. The molecule has 0 aromatic rings. The SMILES string of the molecule is CC12CCCC3(CO3)C1CC1C(C2)OC(=O)C1CN1CCCC2=CC3CC(CN4CCCCC34)C21. The van der Waals surface area contributed by atoms with Crippen molar-refractivity contribution >= 4 is 5.97 Å². The van der Waals surface area contributed by atoms with Gasteiger partial charge < -0.3 is 9.47 Å². The zero-order chi connectivity index (χ0) is 23.4. The van der Waals surface area contributed by atoms with Crippen molar-refractivity contribution in [3.05, 3.63) is 11.6 Å². The number of hydrogen-bond acceptors (Lipinski definition) is 5. The average Bonchev–Trinajstić information content (AvgIpc) is 3.55. The number of carbonyl (C=O) groups excluding carboxylic acids is 1. The van der Waals surface area contributed by atoms with Crippen LogP contribution in [0.4, 0.5) is 0 Å². The van der Waals surface area contributed by atoms with Gasteiger partial charge in [-0.15, -0.1) is 0 Å². The molecule has 5 aliphatic heterocycles. The molecule has 2 bridgehead atoms. The van der Waals surface area contributed by atoms with Gasteiger partial charge in [-0.25, -0.2) is 0 Å². The fourth-order valence-corrected chi connectivity index (χ4v) is 10.7. The Morgan fingerprint density at radius 3 is 2.91 bits per heavy atom. The maximum Gasteiger partial charge on any atom is 0.310 e. The Bertz CT molecular complexity index is 929. The molecule has 0 aromatic heterocycles. The van der Waals surface area contributed by atoms with Gasteiger partial charge >= 0.3 is 5.97 Å². The molecule has 192 valence electrons. The van der Waals surface area contributed by atoms with Crippen molar-refractivity contribution in [2.24, 2.45) is 35.0 Å². The van der Waals surface area contributed by atoms with E-state index in [-0.39, 0.29) is 29.0 Å². The summed E-state index contributed by atoms with van der Waals surface area (Å²) in [7, 11) is 0. The first kappa shape index (κ1) is 22.1. The van der Waals surface area contributed by atoms with Crippen molar-refractivity contribution in [3.63, 3.8) is 0 Å². The number of esters is 1. The smallest absolute Gasteiger partial charge is 0.310 e. The van der Waals surface area contributed by atoms with E-state index in [9.17, 15) is 4.79 Å². The van der Waals surface area contributed by atoms with Crippen LogP contribution in [0.25, 0.3) is 0 Å². The number of epoxide rings is 1. The highest BCUT2D eigenvalue weighted by atomic mass is 16.6. The van der Waals surface area contributed by atoms with E-state index < -0.39 is 0 Å². The van der Waals surface area contributed by atoms with Gasteiger partial charge in [-0.2, -0.15) is 0 Å². The Hall–Kier alpha value is -0.910. The largest absolute Gasteiger partial charge is 0.462 e. The molecule has 0 N–H and O–H groups in total. The van der Waals surface area contributed by atoms with Gasteiger partial charge in [0.1, 0.15) is 6.10 Å². The predicted molar refractivity (Wildman–Crippen MR) is 134 cm³/mol. The third-order valence-corrected chi connectivity index (χ3v) is 12.3. The summed E-state index contributed by atoms with van der Waals surface area (Å²) in [5.41, 5.74) is 2.15. The van der Waals surface area contributed by atoms with Crippen molar-refractivity contribution in [1.82, 2.24) is 9.80 Å². The fraction of sp³-hybridized carbons (Fsp3) is 0.900. The molecule has 1 spiro atoms. The summed E-state index contributed by atoms with van der Waals surface area (Å²) in [6.45, 7) is 8.07. The van der Waals surface area contributed by atoms with Gasteiger partial charge in [0.05, 0.1) is 18.1 Å². The average molecular weight is 481 g/mol. The third-order valence-electron chi connectivity index (χ3n) is 12.3. The molecular weight excluding hydrogens is 436 g/mol. The molecule has 5 nitrogen and oxygen atoms in total. The lowest BCUT2D eigenvalue weighted by atomic mass is 9.53. The number of nitrogens with zero attached hydrogens (tertiary/aromatic N) is 2. The molecule has 2 saturated carbocycles. The molecule has 0 aromatic carbocycles. The molecule has 35 heavy (non-hydrogen) atoms. The molecule has 5 heterocycles. The van der Waals surface area contributed by atoms with E-state index in [4.69, 9.17) is 9.47 Å². The van der Waals surface area contributed by atoms with Gasteiger partial charge in [0.2, 0.25) is 0 Å². The summed E-state index contributed by atoms with van der Waals surface area (Å²) >= 11 is 0. The molecule has 5 heteroatoms. The molecule has 8 rings (SSSR count). The Balaban J connectivity index is 1.04. The van der Waals surface area contributed by atoms with Gasteiger partial charge in [0.25, 0.3) is 0 Å². The first-order valence-electron chi connectivity index (χ1n) is 15.1. The van der Waals surface area contributed by atoms with Crippen LogP contribution in [0.1, 0.15) is 77.6 Å². The Morgan fingerprint density at radius 2 is 2.03 bits per heavy atom. The second-order valence-corrected chi connectivity index (χ2v) is 14.1. The molecule has 10 unspecified atom stereocenters. The molecular formula is C30H44N2O3. The van der Waals surface area contributed by atoms with Crippen LogP contribution < -0.4 is 0 Å². The van der Waals surface area contributed by atoms with Crippen molar-refractivity contribution in [2.75, 3.05) is 32.8 Å². The van der Waals surface area contributed by atoms with Crippen LogP contribution in [0, 0.1) is 35.0 Å². The number of likely N-dealkylation sites (tertiary alicyclic amines) is 1. The topological polar surface area (TPSA) is 45.3 Å². The van der Waals surface area contributed by atoms with Gasteiger partial charge in [-0.1, -0.05) is 25.0 Å². The van der Waals surface area contributed by atoms with Crippen LogP contribution in [0.2, 0.25) is 0 Å². The zero-order valence-electron chi connectivity index (χ0n) is 21.6. The first-order valence-corrected chi connectivity index (χ1v) is 15.1. The fourth-order valence-electron chi connectivity index (χ4n) is 10.7. The molecule has 3 aliphatic carbocycles. The summed E-state index contributed by atoms with van der Waals surface area (Å²) < 4.78 is 12.3. The minimum atomic E-state index is 0.0608. The van der Waals surface area contributed by atoms with E-state index in [1.807, 2.05) is 0 Å². The van der Waals surface area contributed by atoms with E-state index in [1.165, 1.54) is 70.9 Å². The number of ether oxygens (including phenoxy) is 2. The minimum absolute atomic E-state index is 0.0608. The van der Waals surface area contributed by atoms with Gasteiger partial charge in [-0.05, 0) is 100 Å². The number of hydrogen-bond donors (Lipinski definition) is 0. The molecule has 5 saturated heterocycles.